The lowest BCUT2D eigenvalue weighted by Crippen LogP contribution is -2.41. The van der Waals surface area contributed by atoms with Gasteiger partial charge in [0, 0.05) is 17.0 Å². The van der Waals surface area contributed by atoms with Crippen LogP contribution in [0.2, 0.25) is 10.0 Å². The molecule has 0 heterocycles. The van der Waals surface area contributed by atoms with Gasteiger partial charge >= 0.3 is 5.97 Å². The zero-order valence-electron chi connectivity index (χ0n) is 15.4. The number of hydrogen-bond donors (Lipinski definition) is 2. The summed E-state index contributed by atoms with van der Waals surface area (Å²) < 4.78 is 5.05. The number of halogens is 2. The molecule has 0 aromatic heterocycles. The third-order valence-corrected chi connectivity index (χ3v) is 4.38. The molecule has 0 aliphatic heterocycles. The number of amides is 2. The molecule has 0 fully saturated rings. The van der Waals surface area contributed by atoms with Crippen molar-refractivity contribution in [3.05, 3.63) is 69.7 Å². The molecule has 0 spiro atoms. The van der Waals surface area contributed by atoms with Gasteiger partial charge in [-0.15, -0.1) is 0 Å². The predicted octanol–water partition coefficient (Wildman–Crippen LogP) is 3.35. The lowest BCUT2D eigenvalue weighted by molar-refractivity contribution is -0.147. The number of benzene rings is 2. The van der Waals surface area contributed by atoms with Gasteiger partial charge < -0.3 is 4.74 Å². The van der Waals surface area contributed by atoms with Crippen LogP contribution in [0.3, 0.4) is 0 Å². The van der Waals surface area contributed by atoms with Crippen LogP contribution in [-0.2, 0) is 14.3 Å². The summed E-state index contributed by atoms with van der Waals surface area (Å²) in [6.45, 7) is 1.44. The Labute approximate surface area is 177 Å². The van der Waals surface area contributed by atoms with Crippen LogP contribution < -0.4 is 10.9 Å². The molecule has 7 nitrogen and oxygen atoms in total. The predicted molar refractivity (Wildman–Crippen MR) is 108 cm³/mol. The van der Waals surface area contributed by atoms with Crippen molar-refractivity contribution in [1.82, 2.24) is 10.9 Å². The molecule has 0 bridgehead atoms. The topological polar surface area (TPSA) is 102 Å². The highest BCUT2D eigenvalue weighted by molar-refractivity contribution is 6.33. The van der Waals surface area contributed by atoms with Gasteiger partial charge in [0.1, 0.15) is 0 Å². The standard InChI is InChI=1S/C20H18Cl2N2O5/c1-12(19(27)13-6-8-14(21)9-7-13)29-18(26)11-10-17(25)23-24-20(28)15-4-2-3-5-16(15)22/h2-9,12H,10-11H2,1H3,(H,23,25)(H,24,28). The first-order valence-electron chi connectivity index (χ1n) is 8.61. The summed E-state index contributed by atoms with van der Waals surface area (Å²) in [4.78, 5) is 47.8. The van der Waals surface area contributed by atoms with E-state index in [2.05, 4.69) is 10.9 Å². The minimum atomic E-state index is -1.01. The maximum Gasteiger partial charge on any atom is 0.307 e. The van der Waals surface area contributed by atoms with Crippen LogP contribution in [0.15, 0.2) is 48.5 Å². The summed E-state index contributed by atoms with van der Waals surface area (Å²) >= 11 is 11.7. The summed E-state index contributed by atoms with van der Waals surface area (Å²) in [5, 5.41) is 0.723. The van der Waals surface area contributed by atoms with Gasteiger partial charge in [-0.2, -0.15) is 0 Å². The van der Waals surface area contributed by atoms with Gasteiger partial charge in [0.15, 0.2) is 6.10 Å². The van der Waals surface area contributed by atoms with Crippen molar-refractivity contribution >= 4 is 46.8 Å². The van der Waals surface area contributed by atoms with Crippen molar-refractivity contribution in [2.45, 2.75) is 25.9 Å². The molecule has 0 radical (unpaired) electrons. The molecular formula is C20H18Cl2N2O5. The molecule has 2 aromatic rings. The van der Waals surface area contributed by atoms with Gasteiger partial charge in [-0.05, 0) is 43.3 Å². The summed E-state index contributed by atoms with van der Waals surface area (Å²) in [5.41, 5.74) is 4.95. The summed E-state index contributed by atoms with van der Waals surface area (Å²) in [7, 11) is 0. The third-order valence-electron chi connectivity index (χ3n) is 3.80. The number of rotatable bonds is 7. The minimum Gasteiger partial charge on any atom is -0.454 e. The van der Waals surface area contributed by atoms with E-state index < -0.39 is 23.9 Å². The highest BCUT2D eigenvalue weighted by Crippen LogP contribution is 2.14. The number of esters is 1. The Bertz CT molecular complexity index is 915. The Balaban J connectivity index is 1.74. The van der Waals surface area contributed by atoms with Crippen LogP contribution in [0.5, 0.6) is 0 Å². The van der Waals surface area contributed by atoms with Crippen molar-refractivity contribution in [2.75, 3.05) is 0 Å². The van der Waals surface area contributed by atoms with Crippen molar-refractivity contribution in [2.24, 2.45) is 0 Å². The third kappa shape index (κ3) is 6.89. The van der Waals surface area contributed by atoms with Gasteiger partial charge in [0.25, 0.3) is 5.91 Å². The largest absolute Gasteiger partial charge is 0.454 e. The van der Waals surface area contributed by atoms with E-state index in [4.69, 9.17) is 27.9 Å². The summed E-state index contributed by atoms with van der Waals surface area (Å²) in [6.07, 6.45) is -1.50. The SMILES string of the molecule is CC(OC(=O)CCC(=O)NNC(=O)c1ccccc1Cl)C(=O)c1ccc(Cl)cc1. The summed E-state index contributed by atoms with van der Waals surface area (Å²) in [6, 6.07) is 12.5. The fraction of sp³-hybridized carbons (Fsp3) is 0.200. The number of hydrazine groups is 1. The Morgan fingerprint density at radius 3 is 2.24 bits per heavy atom. The maximum atomic E-state index is 12.2. The van der Waals surface area contributed by atoms with Crippen LogP contribution in [0.25, 0.3) is 0 Å². The number of nitrogens with one attached hydrogen (secondary N) is 2. The normalized spacial score (nSPS) is 11.3. The van der Waals surface area contributed by atoms with Crippen LogP contribution in [0, 0.1) is 0 Å². The van der Waals surface area contributed by atoms with Gasteiger partial charge in [0.2, 0.25) is 11.7 Å². The van der Waals surface area contributed by atoms with E-state index in [9.17, 15) is 19.2 Å². The molecule has 2 aromatic carbocycles. The molecule has 152 valence electrons. The van der Waals surface area contributed by atoms with Crippen molar-refractivity contribution in [3.8, 4) is 0 Å². The Morgan fingerprint density at radius 2 is 1.59 bits per heavy atom. The zero-order chi connectivity index (χ0) is 21.4. The Morgan fingerprint density at radius 1 is 0.931 bits per heavy atom. The number of carbonyl (C=O) groups excluding carboxylic acids is 4. The first kappa shape index (κ1) is 22.4. The highest BCUT2D eigenvalue weighted by Gasteiger charge is 2.20. The average molecular weight is 437 g/mol. The van der Waals surface area contributed by atoms with Crippen LogP contribution in [0.4, 0.5) is 0 Å². The number of hydrogen-bond acceptors (Lipinski definition) is 5. The number of ether oxygens (including phenoxy) is 1. The second-order valence-corrected chi connectivity index (χ2v) is 6.83. The molecule has 0 aliphatic carbocycles. The fourth-order valence-corrected chi connectivity index (χ4v) is 2.62. The monoisotopic (exact) mass is 436 g/mol. The number of carbonyl (C=O) groups is 4. The molecule has 2 N–H and O–H groups in total. The van der Waals surface area contributed by atoms with Gasteiger partial charge in [-0.3, -0.25) is 30.0 Å². The molecule has 2 amide bonds. The summed E-state index contributed by atoms with van der Waals surface area (Å²) in [5.74, 6) is -2.29. The molecule has 9 heteroatoms. The van der Waals surface area contributed by atoms with Crippen molar-refractivity contribution in [3.63, 3.8) is 0 Å². The molecule has 1 unspecified atom stereocenters. The second kappa shape index (κ2) is 10.6. The molecule has 0 saturated carbocycles. The van der Waals surface area contributed by atoms with E-state index in [1.807, 2.05) is 0 Å². The maximum absolute atomic E-state index is 12.2. The Kier molecular flexibility index (Phi) is 8.18. The average Bonchev–Trinajstić information content (AvgIpc) is 2.70. The van der Waals surface area contributed by atoms with Crippen LogP contribution in [0.1, 0.15) is 40.5 Å². The molecule has 2 rings (SSSR count). The zero-order valence-corrected chi connectivity index (χ0v) is 16.9. The first-order chi connectivity index (χ1) is 13.8. The lowest BCUT2D eigenvalue weighted by Gasteiger charge is -2.12. The van der Waals surface area contributed by atoms with Crippen LogP contribution >= 0.6 is 23.2 Å². The minimum absolute atomic E-state index is 0.198. The first-order valence-corrected chi connectivity index (χ1v) is 9.36. The van der Waals surface area contributed by atoms with Gasteiger partial charge in [-0.25, -0.2) is 0 Å². The second-order valence-electron chi connectivity index (χ2n) is 5.99. The van der Waals surface area contributed by atoms with Crippen LogP contribution in [-0.4, -0.2) is 29.7 Å². The number of Topliss-reactive ketones (excluding diaryl/α,β-unsaturated/α-hetero) is 1. The lowest BCUT2D eigenvalue weighted by atomic mass is 10.1. The van der Waals surface area contributed by atoms with E-state index in [-0.39, 0.29) is 29.2 Å². The van der Waals surface area contributed by atoms with E-state index >= 15 is 0 Å². The fourth-order valence-electron chi connectivity index (χ4n) is 2.28. The quantitative estimate of drug-likeness (QED) is 0.393. The number of ketones is 1. The molecular weight excluding hydrogens is 419 g/mol. The molecule has 1 atom stereocenters. The van der Waals surface area contributed by atoms with E-state index in [1.165, 1.54) is 25.1 Å². The van der Waals surface area contributed by atoms with E-state index in [0.29, 0.717) is 10.6 Å². The van der Waals surface area contributed by atoms with E-state index in [0.717, 1.165) is 0 Å². The van der Waals surface area contributed by atoms with Crippen molar-refractivity contribution < 1.29 is 23.9 Å². The highest BCUT2D eigenvalue weighted by atomic mass is 35.5. The molecule has 0 saturated heterocycles. The van der Waals surface area contributed by atoms with Crippen molar-refractivity contribution in [1.29, 1.82) is 0 Å². The molecule has 0 aliphatic rings. The Hall–Kier alpha value is -2.90. The van der Waals surface area contributed by atoms with Gasteiger partial charge in [-0.1, -0.05) is 35.3 Å². The molecule has 29 heavy (non-hydrogen) atoms. The van der Waals surface area contributed by atoms with Gasteiger partial charge in [0.05, 0.1) is 17.0 Å². The smallest absolute Gasteiger partial charge is 0.307 e. The van der Waals surface area contributed by atoms with E-state index in [1.54, 1.807) is 30.3 Å².